The minimum absolute atomic E-state index is 0.0472. The number of ether oxygens (including phenoxy) is 3. The van der Waals surface area contributed by atoms with Crippen LogP contribution in [0.3, 0.4) is 0 Å². The minimum Gasteiger partial charge on any atom is -0.477 e. The van der Waals surface area contributed by atoms with Crippen molar-refractivity contribution in [3.8, 4) is 0 Å². The van der Waals surface area contributed by atoms with Crippen LogP contribution in [0.15, 0.2) is 36.5 Å². The fourth-order valence-corrected chi connectivity index (χ4v) is 7.46. The van der Waals surface area contributed by atoms with Crippen LogP contribution < -0.4 is 0 Å². The number of carboxylic acid groups (broad SMARTS) is 1. The number of hydrogen-bond acceptors (Lipinski definition) is 6. The summed E-state index contributed by atoms with van der Waals surface area (Å²) in [6.45, 7) is 4.65. The second-order valence-electron chi connectivity index (χ2n) is 18.1. The van der Waals surface area contributed by atoms with Crippen molar-refractivity contribution in [1.82, 2.24) is 0 Å². The smallest absolute Gasteiger partial charge is 0.362 e. The monoisotopic (exact) mass is 847 g/mol. The molecule has 8 nitrogen and oxygen atoms in total. The third-order valence-corrected chi connectivity index (χ3v) is 11.3. The van der Waals surface area contributed by atoms with Crippen LogP contribution in [0.5, 0.6) is 0 Å². The van der Waals surface area contributed by atoms with Crippen molar-refractivity contribution in [1.29, 1.82) is 0 Å². The van der Waals surface area contributed by atoms with E-state index in [-0.39, 0.29) is 36.2 Å². The highest BCUT2D eigenvalue weighted by molar-refractivity contribution is 5.72. The van der Waals surface area contributed by atoms with Gasteiger partial charge in [-0.05, 0) is 44.9 Å². The Morgan fingerprint density at radius 1 is 0.517 bits per heavy atom. The van der Waals surface area contributed by atoms with Crippen LogP contribution in [0.25, 0.3) is 0 Å². The molecule has 0 aliphatic heterocycles. The summed E-state index contributed by atoms with van der Waals surface area (Å²) in [6.07, 6.45) is 50.5. The van der Waals surface area contributed by atoms with E-state index in [0.717, 1.165) is 57.8 Å². The Bertz CT molecular complexity index is 1080. The lowest BCUT2D eigenvalue weighted by atomic mass is 10.0. The lowest BCUT2D eigenvalue weighted by molar-refractivity contribution is -0.887. The van der Waals surface area contributed by atoms with Crippen molar-refractivity contribution >= 4 is 17.9 Å². The van der Waals surface area contributed by atoms with Gasteiger partial charge in [-0.25, -0.2) is 4.79 Å². The van der Waals surface area contributed by atoms with Gasteiger partial charge in [0.25, 0.3) is 0 Å². The Hall–Kier alpha value is -2.45. The number of hydrogen-bond donors (Lipinski definition) is 1. The molecule has 0 aliphatic carbocycles. The van der Waals surface area contributed by atoms with Gasteiger partial charge >= 0.3 is 17.9 Å². The zero-order valence-electron chi connectivity index (χ0n) is 39.9. The Kier molecular flexibility index (Phi) is 41.4. The predicted octanol–water partition coefficient (Wildman–Crippen LogP) is 14.2. The molecule has 350 valence electrons. The van der Waals surface area contributed by atoms with Gasteiger partial charge < -0.3 is 23.8 Å². The summed E-state index contributed by atoms with van der Waals surface area (Å²) in [5.74, 6) is -1.45. The molecular formula is C52H96NO7+. The van der Waals surface area contributed by atoms with Gasteiger partial charge in [0, 0.05) is 19.3 Å². The number of carboxylic acids is 1. The maximum Gasteiger partial charge on any atom is 0.362 e. The summed E-state index contributed by atoms with van der Waals surface area (Å²) in [4.78, 5) is 37.1. The van der Waals surface area contributed by atoms with E-state index in [1.165, 1.54) is 135 Å². The van der Waals surface area contributed by atoms with Gasteiger partial charge in [0.1, 0.15) is 6.61 Å². The Morgan fingerprint density at radius 2 is 0.933 bits per heavy atom. The topological polar surface area (TPSA) is 99.1 Å². The molecule has 0 aromatic heterocycles. The zero-order chi connectivity index (χ0) is 44.2. The number of quaternary nitrogens is 1. The number of carbonyl (C=O) groups excluding carboxylic acids is 2. The molecule has 0 aromatic carbocycles. The lowest BCUT2D eigenvalue weighted by Gasteiger charge is -2.31. The molecule has 0 saturated carbocycles. The van der Waals surface area contributed by atoms with Gasteiger partial charge in [-0.3, -0.25) is 9.59 Å². The quantitative estimate of drug-likeness (QED) is 0.0282. The fourth-order valence-electron chi connectivity index (χ4n) is 7.46. The van der Waals surface area contributed by atoms with E-state index in [9.17, 15) is 19.5 Å². The number of allylic oxidation sites excluding steroid dienone is 6. The predicted molar refractivity (Wildman–Crippen MR) is 252 cm³/mol. The molecule has 0 amide bonds. The van der Waals surface area contributed by atoms with Gasteiger partial charge in [-0.15, -0.1) is 0 Å². The third-order valence-electron chi connectivity index (χ3n) is 11.3. The molecule has 0 bridgehead atoms. The van der Waals surface area contributed by atoms with Crippen molar-refractivity contribution in [2.45, 2.75) is 238 Å². The maximum absolute atomic E-state index is 12.8. The van der Waals surface area contributed by atoms with Gasteiger partial charge in [-0.2, -0.15) is 0 Å². The molecule has 0 radical (unpaired) electrons. The van der Waals surface area contributed by atoms with Gasteiger partial charge in [0.05, 0.1) is 34.4 Å². The Morgan fingerprint density at radius 3 is 1.38 bits per heavy atom. The summed E-state index contributed by atoms with van der Waals surface area (Å²) in [5, 5.41) is 9.64. The van der Waals surface area contributed by atoms with Crippen LogP contribution in [-0.4, -0.2) is 80.6 Å². The summed E-state index contributed by atoms with van der Waals surface area (Å²) in [7, 11) is 5.54. The first-order valence-electron chi connectivity index (χ1n) is 25.0. The van der Waals surface area contributed by atoms with E-state index < -0.39 is 18.1 Å². The van der Waals surface area contributed by atoms with Crippen molar-refractivity contribution in [3.63, 3.8) is 0 Å². The van der Waals surface area contributed by atoms with Crippen LogP contribution in [0.4, 0.5) is 0 Å². The van der Waals surface area contributed by atoms with Crippen LogP contribution in [-0.2, 0) is 28.6 Å². The molecule has 0 fully saturated rings. The second kappa shape index (κ2) is 43.2. The minimum atomic E-state index is -0.873. The van der Waals surface area contributed by atoms with Crippen LogP contribution >= 0.6 is 0 Å². The third kappa shape index (κ3) is 40.9. The number of nitrogens with zero attached hydrogens (tertiary/aromatic N) is 1. The van der Waals surface area contributed by atoms with Gasteiger partial charge in [0.2, 0.25) is 0 Å². The van der Waals surface area contributed by atoms with Gasteiger partial charge in [-0.1, -0.05) is 198 Å². The fraction of sp³-hybridized carbons (Fsp3) is 0.827. The molecule has 0 aromatic rings. The average Bonchev–Trinajstić information content (AvgIpc) is 3.21. The van der Waals surface area contributed by atoms with E-state index in [4.69, 9.17) is 14.2 Å². The maximum atomic E-state index is 12.8. The normalized spacial score (nSPS) is 13.2. The summed E-state index contributed by atoms with van der Waals surface area (Å²) < 4.78 is 17.3. The molecule has 2 unspecified atom stereocenters. The Labute approximate surface area is 370 Å². The first kappa shape index (κ1) is 57.5. The molecule has 2 atom stereocenters. The second-order valence-corrected chi connectivity index (χ2v) is 18.1. The molecular weight excluding hydrogens is 751 g/mol. The lowest BCUT2D eigenvalue weighted by Crippen LogP contribution is -2.50. The number of carbonyl (C=O) groups is 3. The molecule has 0 rings (SSSR count). The van der Waals surface area contributed by atoms with Crippen LogP contribution in [0.1, 0.15) is 226 Å². The largest absolute Gasteiger partial charge is 0.477 e. The molecule has 0 aliphatic rings. The van der Waals surface area contributed by atoms with Crippen LogP contribution in [0, 0.1) is 0 Å². The molecule has 1 N–H and O–H groups in total. The molecule has 8 heteroatoms. The molecule has 0 spiro atoms. The SMILES string of the molecule is CC/C=C/C/C=C/C/C=C/CCCCCCCCCCCCCCCC(=O)OC(COCCC(C(=O)O)[N+](C)(C)C)COC(=O)CCCCCCCCCCCCCCC. The standard InChI is InChI=1S/C52H95NO7/c1-6-8-10-12-14-16-18-20-21-22-23-24-25-26-27-28-29-31-33-35-37-39-41-43-51(55)60-48(46-58-45-44-49(52(56)57)53(3,4)5)47-59-50(54)42-40-38-36-34-32-30-19-17-15-13-11-9-7-2/h8,10,14,16,20-21,48-49H,6-7,9,11-13,15,17-19,22-47H2,1-5H3/p+1/b10-8+,16-14+,21-20+. The number of esters is 2. The molecule has 0 heterocycles. The van der Waals surface area contributed by atoms with Crippen molar-refractivity contribution < 1.29 is 38.2 Å². The highest BCUT2D eigenvalue weighted by Crippen LogP contribution is 2.16. The van der Waals surface area contributed by atoms with E-state index >= 15 is 0 Å². The summed E-state index contributed by atoms with van der Waals surface area (Å²) in [6, 6.07) is -0.612. The van der Waals surface area contributed by atoms with E-state index in [1.54, 1.807) is 0 Å². The summed E-state index contributed by atoms with van der Waals surface area (Å²) >= 11 is 0. The highest BCUT2D eigenvalue weighted by atomic mass is 16.6. The first-order valence-corrected chi connectivity index (χ1v) is 25.0. The van der Waals surface area contributed by atoms with E-state index in [2.05, 4.69) is 50.3 Å². The van der Waals surface area contributed by atoms with E-state index in [1.807, 2.05) is 21.1 Å². The zero-order valence-corrected chi connectivity index (χ0v) is 39.9. The van der Waals surface area contributed by atoms with Crippen molar-refractivity contribution in [2.75, 3.05) is 41.0 Å². The number of rotatable bonds is 45. The van der Waals surface area contributed by atoms with Crippen molar-refractivity contribution in [2.24, 2.45) is 0 Å². The number of likely N-dealkylation sites (N-methyl/N-ethyl adjacent to an activating group) is 1. The van der Waals surface area contributed by atoms with Gasteiger partial charge in [0.15, 0.2) is 12.1 Å². The average molecular weight is 847 g/mol. The van der Waals surface area contributed by atoms with Crippen molar-refractivity contribution in [3.05, 3.63) is 36.5 Å². The molecule has 0 saturated heterocycles. The molecule has 60 heavy (non-hydrogen) atoms. The summed E-state index contributed by atoms with van der Waals surface area (Å²) in [5.41, 5.74) is 0. The van der Waals surface area contributed by atoms with Crippen LogP contribution in [0.2, 0.25) is 0 Å². The Balaban J connectivity index is 4.19. The highest BCUT2D eigenvalue weighted by Gasteiger charge is 2.31. The first-order chi connectivity index (χ1) is 29.1. The van der Waals surface area contributed by atoms with E-state index in [0.29, 0.717) is 19.3 Å². The number of aliphatic carboxylic acids is 1. The number of unbranched alkanes of at least 4 members (excludes halogenated alkanes) is 25.